The first-order valence-corrected chi connectivity index (χ1v) is 7.38. The van der Waals surface area contributed by atoms with Crippen LogP contribution >= 0.6 is 11.3 Å². The predicted molar refractivity (Wildman–Crippen MR) is 82.9 cm³/mol. The Kier molecular flexibility index (Phi) is 4.69. The van der Waals surface area contributed by atoms with Gasteiger partial charge in [0, 0.05) is 4.88 Å². The van der Waals surface area contributed by atoms with Crippen LogP contribution in [0.1, 0.15) is 39.0 Å². The van der Waals surface area contributed by atoms with Gasteiger partial charge in [-0.2, -0.15) is 0 Å². The molecule has 1 heterocycles. The molecule has 2 heteroatoms. The summed E-state index contributed by atoms with van der Waals surface area (Å²) in [5.41, 5.74) is 2.29. The first kappa shape index (κ1) is 13.8. The van der Waals surface area contributed by atoms with Crippen LogP contribution in [0.3, 0.4) is 0 Å². The quantitative estimate of drug-likeness (QED) is 0.557. The Hall–Kier alpha value is -1.67. The van der Waals surface area contributed by atoms with E-state index in [0.29, 0.717) is 0 Å². The molecule has 0 saturated carbocycles. The highest BCUT2D eigenvalue weighted by Crippen LogP contribution is 2.19. The average molecular weight is 270 g/mol. The van der Waals surface area contributed by atoms with Crippen molar-refractivity contribution >= 4 is 23.2 Å². The molecule has 0 N–H and O–H groups in total. The van der Waals surface area contributed by atoms with Gasteiger partial charge in [0.2, 0.25) is 0 Å². The van der Waals surface area contributed by atoms with E-state index < -0.39 is 0 Å². The van der Waals surface area contributed by atoms with Crippen LogP contribution in [0.25, 0.3) is 6.08 Å². The summed E-state index contributed by atoms with van der Waals surface area (Å²) in [6.07, 6.45) is 5.71. The Morgan fingerprint density at radius 1 is 1.16 bits per heavy atom. The molecule has 0 fully saturated rings. The van der Waals surface area contributed by atoms with E-state index in [9.17, 15) is 4.79 Å². The molecule has 19 heavy (non-hydrogen) atoms. The fourth-order valence-corrected chi connectivity index (χ4v) is 2.85. The Bertz CT molecular complexity index is 576. The number of carbonyl (C=O) groups is 1. The molecular formula is C17H18OS. The molecule has 0 aliphatic rings. The molecule has 0 amide bonds. The van der Waals surface area contributed by atoms with Crippen LogP contribution in [0.5, 0.6) is 0 Å². The van der Waals surface area contributed by atoms with Crippen molar-refractivity contribution in [3.8, 4) is 0 Å². The number of hydrogen-bond acceptors (Lipinski definition) is 2. The van der Waals surface area contributed by atoms with Crippen molar-refractivity contribution in [1.29, 1.82) is 0 Å². The highest BCUT2D eigenvalue weighted by molar-refractivity contribution is 7.14. The molecule has 0 spiro atoms. The molecule has 98 valence electrons. The number of ketones is 1. The Balaban J connectivity index is 2.05. The normalized spacial score (nSPS) is 11.1. The van der Waals surface area contributed by atoms with E-state index in [0.717, 1.165) is 23.3 Å². The number of carbonyl (C=O) groups excluding carboxylic acids is 1. The minimum absolute atomic E-state index is 0.0907. The fraction of sp³-hybridized carbons (Fsp3) is 0.235. The van der Waals surface area contributed by atoms with E-state index in [2.05, 4.69) is 32.0 Å². The second-order valence-electron chi connectivity index (χ2n) is 4.62. The van der Waals surface area contributed by atoms with Crippen molar-refractivity contribution in [3.05, 3.63) is 63.4 Å². The lowest BCUT2D eigenvalue weighted by Crippen LogP contribution is -1.88. The highest BCUT2D eigenvalue weighted by Gasteiger charge is 2.05. The molecule has 0 aliphatic carbocycles. The maximum atomic E-state index is 12.0. The molecule has 1 aromatic carbocycles. The summed E-state index contributed by atoms with van der Waals surface area (Å²) in [7, 11) is 0. The lowest BCUT2D eigenvalue weighted by Gasteiger charge is -1.94. The predicted octanol–water partition coefficient (Wildman–Crippen LogP) is 4.91. The summed E-state index contributed by atoms with van der Waals surface area (Å²) in [5, 5.41) is 0. The van der Waals surface area contributed by atoms with Gasteiger partial charge in [-0.1, -0.05) is 49.2 Å². The van der Waals surface area contributed by atoms with E-state index in [4.69, 9.17) is 0 Å². The topological polar surface area (TPSA) is 17.1 Å². The number of rotatable bonds is 5. The summed E-state index contributed by atoms with van der Waals surface area (Å²) in [6.45, 7) is 4.21. The van der Waals surface area contributed by atoms with E-state index >= 15 is 0 Å². The SMILES string of the molecule is CCCc1ccc(C(=O)/C=C/c2ccc(C)cc2)s1. The molecule has 1 aromatic heterocycles. The monoisotopic (exact) mass is 270 g/mol. The number of thiophene rings is 1. The lowest BCUT2D eigenvalue weighted by molar-refractivity contribution is 0.105. The zero-order valence-electron chi connectivity index (χ0n) is 11.3. The maximum Gasteiger partial charge on any atom is 0.195 e. The van der Waals surface area contributed by atoms with Crippen LogP contribution in [0.4, 0.5) is 0 Å². The van der Waals surface area contributed by atoms with Crippen LogP contribution in [0, 0.1) is 6.92 Å². The molecule has 2 aromatic rings. The van der Waals surface area contributed by atoms with Crippen molar-refractivity contribution in [1.82, 2.24) is 0 Å². The van der Waals surface area contributed by atoms with Gasteiger partial charge in [0.25, 0.3) is 0 Å². The van der Waals surface area contributed by atoms with Gasteiger partial charge < -0.3 is 0 Å². The Morgan fingerprint density at radius 2 is 1.89 bits per heavy atom. The summed E-state index contributed by atoms with van der Waals surface area (Å²) < 4.78 is 0. The van der Waals surface area contributed by atoms with E-state index in [1.54, 1.807) is 17.4 Å². The first-order valence-electron chi connectivity index (χ1n) is 6.57. The third-order valence-electron chi connectivity index (χ3n) is 2.91. The van der Waals surface area contributed by atoms with Gasteiger partial charge in [-0.3, -0.25) is 4.79 Å². The van der Waals surface area contributed by atoms with Gasteiger partial charge in [-0.15, -0.1) is 11.3 Å². The fourth-order valence-electron chi connectivity index (χ4n) is 1.82. The van der Waals surface area contributed by atoms with Gasteiger partial charge >= 0.3 is 0 Å². The zero-order chi connectivity index (χ0) is 13.7. The van der Waals surface area contributed by atoms with Crippen molar-refractivity contribution < 1.29 is 4.79 Å². The molecule has 0 saturated heterocycles. The van der Waals surface area contributed by atoms with Crippen LogP contribution < -0.4 is 0 Å². The van der Waals surface area contributed by atoms with Crippen LogP contribution in [0.2, 0.25) is 0 Å². The molecule has 0 atom stereocenters. The van der Waals surface area contributed by atoms with Crippen molar-refractivity contribution in [2.45, 2.75) is 26.7 Å². The summed E-state index contributed by atoms with van der Waals surface area (Å²) in [4.78, 5) is 14.1. The molecule has 0 radical (unpaired) electrons. The van der Waals surface area contributed by atoms with Crippen molar-refractivity contribution in [3.63, 3.8) is 0 Å². The number of aryl methyl sites for hydroxylation is 2. The molecule has 0 unspecified atom stereocenters. The summed E-state index contributed by atoms with van der Waals surface area (Å²) in [6, 6.07) is 12.1. The van der Waals surface area contributed by atoms with Gasteiger partial charge in [-0.05, 0) is 37.1 Å². The first-order chi connectivity index (χ1) is 9.19. The van der Waals surface area contributed by atoms with Crippen LogP contribution in [0.15, 0.2) is 42.5 Å². The smallest absolute Gasteiger partial charge is 0.195 e. The third-order valence-corrected chi connectivity index (χ3v) is 4.06. The second kappa shape index (κ2) is 6.48. The van der Waals surface area contributed by atoms with E-state index in [1.165, 1.54) is 10.4 Å². The van der Waals surface area contributed by atoms with Gasteiger partial charge in [0.05, 0.1) is 4.88 Å². The largest absolute Gasteiger partial charge is 0.288 e. The van der Waals surface area contributed by atoms with Crippen LogP contribution in [-0.4, -0.2) is 5.78 Å². The molecule has 2 rings (SSSR count). The number of hydrogen-bond donors (Lipinski definition) is 0. The Morgan fingerprint density at radius 3 is 2.58 bits per heavy atom. The summed E-state index contributed by atoms with van der Waals surface area (Å²) >= 11 is 1.60. The third kappa shape index (κ3) is 3.90. The van der Waals surface area contributed by atoms with Crippen molar-refractivity contribution in [2.75, 3.05) is 0 Å². The molecule has 0 bridgehead atoms. The van der Waals surface area contributed by atoms with Gasteiger partial charge in [0.15, 0.2) is 5.78 Å². The van der Waals surface area contributed by atoms with Crippen LogP contribution in [-0.2, 0) is 6.42 Å². The van der Waals surface area contributed by atoms with E-state index in [1.807, 2.05) is 24.3 Å². The zero-order valence-corrected chi connectivity index (χ0v) is 12.2. The van der Waals surface area contributed by atoms with Gasteiger partial charge in [-0.25, -0.2) is 0 Å². The van der Waals surface area contributed by atoms with Crippen molar-refractivity contribution in [2.24, 2.45) is 0 Å². The number of allylic oxidation sites excluding steroid dienone is 1. The number of benzene rings is 1. The molecular weight excluding hydrogens is 252 g/mol. The standard InChI is InChI=1S/C17H18OS/c1-3-4-15-10-12-17(19-15)16(18)11-9-14-7-5-13(2)6-8-14/h5-12H,3-4H2,1-2H3/b11-9+. The average Bonchev–Trinajstić information content (AvgIpc) is 2.87. The molecule has 0 aliphatic heterocycles. The van der Waals surface area contributed by atoms with Gasteiger partial charge in [0.1, 0.15) is 0 Å². The Labute approximate surface area is 118 Å². The summed E-state index contributed by atoms with van der Waals surface area (Å²) in [5.74, 6) is 0.0907. The lowest BCUT2D eigenvalue weighted by atomic mass is 10.1. The molecule has 1 nitrogen and oxygen atoms in total. The van der Waals surface area contributed by atoms with E-state index in [-0.39, 0.29) is 5.78 Å². The minimum Gasteiger partial charge on any atom is -0.288 e. The minimum atomic E-state index is 0.0907. The highest BCUT2D eigenvalue weighted by atomic mass is 32.1. The maximum absolute atomic E-state index is 12.0. The second-order valence-corrected chi connectivity index (χ2v) is 5.79.